The van der Waals surface area contributed by atoms with Gasteiger partial charge in [-0.2, -0.15) is 0 Å². The number of hydrogen-bond acceptors (Lipinski definition) is 3. The topological polar surface area (TPSA) is 48.1 Å². The van der Waals surface area contributed by atoms with Gasteiger partial charge in [0.2, 0.25) is 5.88 Å². The lowest BCUT2D eigenvalue weighted by molar-refractivity contribution is 0.460. The zero-order valence-electron chi connectivity index (χ0n) is 10.2. The molecule has 2 N–H and O–H groups in total. The van der Waals surface area contributed by atoms with Gasteiger partial charge < -0.3 is 10.5 Å². The summed E-state index contributed by atoms with van der Waals surface area (Å²) in [5.41, 5.74) is 7.62. The number of ether oxygens (including phenoxy) is 1. The lowest BCUT2D eigenvalue weighted by Gasteiger charge is -2.09. The zero-order chi connectivity index (χ0) is 13.0. The van der Waals surface area contributed by atoms with Crippen LogP contribution in [0.5, 0.6) is 11.6 Å². The zero-order valence-corrected chi connectivity index (χ0v) is 10.9. The summed E-state index contributed by atoms with van der Waals surface area (Å²) in [6.45, 7) is 2.51. The van der Waals surface area contributed by atoms with Crippen LogP contribution in [0.4, 0.5) is 0 Å². The molecule has 1 aromatic carbocycles. The van der Waals surface area contributed by atoms with E-state index < -0.39 is 0 Å². The van der Waals surface area contributed by atoms with Crippen LogP contribution in [0.15, 0.2) is 36.4 Å². The van der Waals surface area contributed by atoms with Gasteiger partial charge in [-0.3, -0.25) is 0 Å². The quantitative estimate of drug-likeness (QED) is 0.917. The number of aryl methyl sites for hydroxylation is 1. The van der Waals surface area contributed by atoms with E-state index in [1.165, 1.54) is 0 Å². The second kappa shape index (κ2) is 5.85. The minimum Gasteiger partial charge on any atom is -0.437 e. The molecule has 0 atom stereocenters. The average molecular weight is 263 g/mol. The van der Waals surface area contributed by atoms with Crippen molar-refractivity contribution >= 4 is 11.6 Å². The molecule has 0 fully saturated rings. The first kappa shape index (κ1) is 12.9. The summed E-state index contributed by atoms with van der Waals surface area (Å²) in [5.74, 6) is 1.13. The second-order valence-electron chi connectivity index (χ2n) is 3.90. The average Bonchev–Trinajstić information content (AvgIpc) is 2.41. The number of hydrogen-bond donors (Lipinski definition) is 1. The Hall–Kier alpha value is -1.58. The highest BCUT2D eigenvalue weighted by Gasteiger charge is 2.06. The van der Waals surface area contributed by atoms with Crippen molar-refractivity contribution in [2.24, 2.45) is 5.73 Å². The lowest BCUT2D eigenvalue weighted by Crippen LogP contribution is -2.01. The third-order valence-electron chi connectivity index (χ3n) is 2.56. The van der Waals surface area contributed by atoms with Crippen molar-refractivity contribution in [2.75, 3.05) is 0 Å². The fourth-order valence-corrected chi connectivity index (χ4v) is 1.79. The van der Waals surface area contributed by atoms with Crippen LogP contribution in [0.2, 0.25) is 5.02 Å². The molecule has 0 spiro atoms. The predicted molar refractivity (Wildman–Crippen MR) is 73.0 cm³/mol. The fraction of sp³-hybridized carbons (Fsp3) is 0.214. The Labute approximate surface area is 112 Å². The third kappa shape index (κ3) is 3.00. The molecule has 0 aliphatic carbocycles. The van der Waals surface area contributed by atoms with Gasteiger partial charge in [-0.05, 0) is 30.2 Å². The predicted octanol–water partition coefficient (Wildman–Crippen LogP) is 3.55. The summed E-state index contributed by atoms with van der Waals surface area (Å²) in [5, 5.41) is 0.565. The summed E-state index contributed by atoms with van der Waals surface area (Å²) < 4.78 is 5.70. The molecule has 94 valence electrons. The van der Waals surface area contributed by atoms with E-state index in [9.17, 15) is 0 Å². The van der Waals surface area contributed by atoms with Crippen LogP contribution < -0.4 is 10.5 Å². The van der Waals surface area contributed by atoms with E-state index in [1.807, 2.05) is 37.3 Å². The molecule has 2 aromatic rings. The first-order valence-electron chi connectivity index (χ1n) is 5.85. The highest BCUT2D eigenvalue weighted by molar-refractivity contribution is 6.32. The molecule has 0 amide bonds. The van der Waals surface area contributed by atoms with Crippen LogP contribution >= 0.6 is 11.6 Å². The van der Waals surface area contributed by atoms with E-state index in [1.54, 1.807) is 6.07 Å². The van der Waals surface area contributed by atoms with E-state index in [2.05, 4.69) is 4.98 Å². The molecule has 4 heteroatoms. The van der Waals surface area contributed by atoms with Crippen molar-refractivity contribution in [2.45, 2.75) is 19.9 Å². The molecule has 0 aliphatic heterocycles. The van der Waals surface area contributed by atoms with Crippen LogP contribution in [0.25, 0.3) is 0 Å². The smallest absolute Gasteiger partial charge is 0.219 e. The van der Waals surface area contributed by atoms with Gasteiger partial charge in [-0.15, -0.1) is 0 Å². The Morgan fingerprint density at radius 3 is 2.72 bits per heavy atom. The number of pyridine rings is 1. The van der Waals surface area contributed by atoms with Gasteiger partial charge in [-0.1, -0.05) is 30.7 Å². The molecule has 2 rings (SSSR count). The largest absolute Gasteiger partial charge is 0.437 e. The van der Waals surface area contributed by atoms with Crippen LogP contribution in [0.1, 0.15) is 18.2 Å². The summed E-state index contributed by atoms with van der Waals surface area (Å²) >= 11 is 6.04. The van der Waals surface area contributed by atoms with Crippen LogP contribution in [-0.2, 0) is 13.0 Å². The van der Waals surface area contributed by atoms with Gasteiger partial charge >= 0.3 is 0 Å². The Morgan fingerprint density at radius 1 is 1.28 bits per heavy atom. The number of aromatic nitrogens is 1. The van der Waals surface area contributed by atoms with Gasteiger partial charge in [0.25, 0.3) is 0 Å². The van der Waals surface area contributed by atoms with E-state index >= 15 is 0 Å². The minimum atomic E-state index is 0.467. The number of para-hydroxylation sites is 1. The SMILES string of the molecule is CCc1cc(CN)cc(Oc2ccccc2Cl)n1. The van der Waals surface area contributed by atoms with Crippen LogP contribution in [0, 0.1) is 0 Å². The van der Waals surface area contributed by atoms with Crippen molar-refractivity contribution in [3.63, 3.8) is 0 Å². The monoisotopic (exact) mass is 262 g/mol. The van der Waals surface area contributed by atoms with Crippen molar-refractivity contribution in [1.29, 1.82) is 0 Å². The molecular formula is C14H15ClN2O. The summed E-state index contributed by atoms with van der Waals surface area (Å²) in [7, 11) is 0. The maximum absolute atomic E-state index is 6.04. The van der Waals surface area contributed by atoms with Gasteiger partial charge in [0.05, 0.1) is 5.02 Å². The number of rotatable bonds is 4. The highest BCUT2D eigenvalue weighted by Crippen LogP contribution is 2.28. The maximum atomic E-state index is 6.04. The third-order valence-corrected chi connectivity index (χ3v) is 2.88. The van der Waals surface area contributed by atoms with Crippen molar-refractivity contribution in [1.82, 2.24) is 4.98 Å². The van der Waals surface area contributed by atoms with Gasteiger partial charge in [0.1, 0.15) is 5.75 Å². The normalized spacial score (nSPS) is 10.4. The Morgan fingerprint density at radius 2 is 2.06 bits per heavy atom. The van der Waals surface area contributed by atoms with Gasteiger partial charge in [-0.25, -0.2) is 4.98 Å². The summed E-state index contributed by atoms with van der Waals surface area (Å²) in [4.78, 5) is 4.40. The number of halogens is 1. The number of nitrogens with zero attached hydrogens (tertiary/aromatic N) is 1. The van der Waals surface area contributed by atoms with Gasteiger partial charge in [0.15, 0.2) is 0 Å². The van der Waals surface area contributed by atoms with Crippen LogP contribution in [0.3, 0.4) is 0 Å². The molecule has 0 saturated heterocycles. The van der Waals surface area contributed by atoms with E-state index in [0.717, 1.165) is 17.7 Å². The molecule has 0 saturated carbocycles. The molecule has 0 radical (unpaired) electrons. The Balaban J connectivity index is 2.31. The highest BCUT2D eigenvalue weighted by atomic mass is 35.5. The molecule has 1 aromatic heterocycles. The van der Waals surface area contributed by atoms with E-state index in [-0.39, 0.29) is 0 Å². The Kier molecular flexibility index (Phi) is 4.18. The molecule has 0 bridgehead atoms. The molecular weight excluding hydrogens is 248 g/mol. The summed E-state index contributed by atoms with van der Waals surface area (Å²) in [6, 6.07) is 11.1. The molecule has 18 heavy (non-hydrogen) atoms. The molecule has 0 unspecified atom stereocenters. The first-order chi connectivity index (χ1) is 8.72. The van der Waals surface area contributed by atoms with E-state index in [4.69, 9.17) is 22.1 Å². The summed E-state index contributed by atoms with van der Waals surface area (Å²) in [6.07, 6.45) is 0.840. The van der Waals surface area contributed by atoms with Crippen LogP contribution in [-0.4, -0.2) is 4.98 Å². The standard InChI is InChI=1S/C14H15ClN2O/c1-2-11-7-10(9-16)8-14(17-11)18-13-6-4-3-5-12(13)15/h3-8H,2,9,16H2,1H3. The maximum Gasteiger partial charge on any atom is 0.219 e. The van der Waals surface area contributed by atoms with Crippen molar-refractivity contribution < 1.29 is 4.74 Å². The number of benzene rings is 1. The second-order valence-corrected chi connectivity index (χ2v) is 4.30. The first-order valence-corrected chi connectivity index (χ1v) is 6.23. The number of nitrogens with two attached hydrogens (primary N) is 1. The Bertz CT molecular complexity index is 521. The lowest BCUT2D eigenvalue weighted by atomic mass is 10.2. The fourth-order valence-electron chi connectivity index (χ4n) is 1.61. The molecule has 1 heterocycles. The molecule has 0 aliphatic rings. The van der Waals surface area contributed by atoms with Crippen molar-refractivity contribution in [3.8, 4) is 11.6 Å². The molecule has 3 nitrogen and oxygen atoms in total. The van der Waals surface area contributed by atoms with E-state index in [0.29, 0.717) is 23.2 Å². The van der Waals surface area contributed by atoms with Gasteiger partial charge in [0, 0.05) is 18.3 Å². The minimum absolute atomic E-state index is 0.467. The van der Waals surface area contributed by atoms with Crippen molar-refractivity contribution in [3.05, 3.63) is 52.7 Å².